The van der Waals surface area contributed by atoms with Gasteiger partial charge in [-0.1, -0.05) is 333 Å². The number of unbranched alkanes of at least 4 members (excludes halogenated alkanes) is 49. The Kier molecular flexibility index (Phi) is 66.1. The summed E-state index contributed by atoms with van der Waals surface area (Å²) < 4.78 is 17.0. The molecule has 0 saturated heterocycles. The second-order valence-electron chi connectivity index (χ2n) is 24.1. The molecule has 1 atom stereocenters. The van der Waals surface area contributed by atoms with E-state index < -0.39 is 6.10 Å². The standard InChI is InChI=1S/C73H136O6/c1-4-7-10-13-16-19-22-25-27-29-31-32-33-34-35-36-37-38-39-40-41-42-43-45-46-48-51-54-57-60-63-66-72(75)78-69-70(68-77-71(74)65-62-59-56-53-50-24-21-18-15-12-9-6-3)79-73(76)67-64-61-58-55-52-49-47-44-30-28-26-23-20-17-14-11-8-5-2/h20,23,28-31,70H,4-19,21-22,24-27,32-69H2,1-3H3/b23-20-,30-28-,31-29-. The summed E-state index contributed by atoms with van der Waals surface area (Å²) in [6.07, 6.45) is 84.7. The zero-order valence-electron chi connectivity index (χ0n) is 53.4. The van der Waals surface area contributed by atoms with Gasteiger partial charge in [-0.15, -0.1) is 0 Å². The van der Waals surface area contributed by atoms with Crippen LogP contribution in [0.3, 0.4) is 0 Å². The van der Waals surface area contributed by atoms with E-state index in [1.54, 1.807) is 0 Å². The Balaban J connectivity index is 4.13. The molecule has 0 aliphatic heterocycles. The van der Waals surface area contributed by atoms with Gasteiger partial charge in [-0.3, -0.25) is 14.4 Å². The topological polar surface area (TPSA) is 78.9 Å². The molecule has 0 aliphatic carbocycles. The summed E-state index contributed by atoms with van der Waals surface area (Å²) in [5.41, 5.74) is 0. The van der Waals surface area contributed by atoms with E-state index in [9.17, 15) is 14.4 Å². The fourth-order valence-corrected chi connectivity index (χ4v) is 10.8. The second kappa shape index (κ2) is 68.1. The molecule has 0 heterocycles. The third kappa shape index (κ3) is 66.3. The van der Waals surface area contributed by atoms with Crippen molar-refractivity contribution in [1.82, 2.24) is 0 Å². The molecule has 0 N–H and O–H groups in total. The summed E-state index contributed by atoms with van der Waals surface area (Å²) in [6.45, 7) is 6.68. The van der Waals surface area contributed by atoms with Gasteiger partial charge in [0.1, 0.15) is 13.2 Å². The van der Waals surface area contributed by atoms with Crippen LogP contribution in [0, 0.1) is 0 Å². The molecule has 79 heavy (non-hydrogen) atoms. The fraction of sp³-hybridized carbons (Fsp3) is 0.877. The Bertz CT molecular complexity index is 1320. The van der Waals surface area contributed by atoms with Crippen LogP contribution >= 0.6 is 0 Å². The van der Waals surface area contributed by atoms with E-state index in [1.807, 2.05) is 0 Å². The van der Waals surface area contributed by atoms with Gasteiger partial charge < -0.3 is 14.2 Å². The minimum absolute atomic E-state index is 0.0699. The van der Waals surface area contributed by atoms with Crippen molar-refractivity contribution in [1.29, 1.82) is 0 Å². The van der Waals surface area contributed by atoms with Gasteiger partial charge in [0.05, 0.1) is 0 Å². The molecule has 0 aromatic heterocycles. The van der Waals surface area contributed by atoms with Crippen LogP contribution in [0.25, 0.3) is 0 Å². The van der Waals surface area contributed by atoms with E-state index in [1.165, 1.54) is 283 Å². The molecule has 0 amide bonds. The summed E-state index contributed by atoms with van der Waals surface area (Å²) >= 11 is 0. The van der Waals surface area contributed by atoms with Crippen molar-refractivity contribution >= 4 is 17.9 Å². The van der Waals surface area contributed by atoms with Crippen molar-refractivity contribution in [3.8, 4) is 0 Å². The van der Waals surface area contributed by atoms with E-state index >= 15 is 0 Å². The number of esters is 3. The number of rotatable bonds is 66. The average molecular weight is 1110 g/mol. The zero-order chi connectivity index (χ0) is 57.1. The predicted molar refractivity (Wildman–Crippen MR) is 344 cm³/mol. The van der Waals surface area contributed by atoms with Crippen LogP contribution in [0.1, 0.15) is 393 Å². The summed E-state index contributed by atoms with van der Waals surface area (Å²) in [5.74, 6) is -0.851. The van der Waals surface area contributed by atoms with Gasteiger partial charge >= 0.3 is 17.9 Å². The monoisotopic (exact) mass is 1110 g/mol. The minimum atomic E-state index is -0.773. The van der Waals surface area contributed by atoms with Crippen LogP contribution in [0.5, 0.6) is 0 Å². The Morgan fingerprint density at radius 2 is 0.456 bits per heavy atom. The second-order valence-corrected chi connectivity index (χ2v) is 24.1. The van der Waals surface area contributed by atoms with Crippen LogP contribution in [0.15, 0.2) is 36.5 Å². The van der Waals surface area contributed by atoms with Crippen LogP contribution in [0.2, 0.25) is 0 Å². The normalized spacial score (nSPS) is 12.2. The third-order valence-corrected chi connectivity index (χ3v) is 16.1. The lowest BCUT2D eigenvalue weighted by Crippen LogP contribution is -2.30. The van der Waals surface area contributed by atoms with E-state index in [2.05, 4.69) is 57.2 Å². The number of hydrogen-bond donors (Lipinski definition) is 0. The highest BCUT2D eigenvalue weighted by Gasteiger charge is 2.19. The first-order valence-corrected chi connectivity index (χ1v) is 35.5. The van der Waals surface area contributed by atoms with Crippen molar-refractivity contribution < 1.29 is 28.6 Å². The molecule has 6 heteroatoms. The van der Waals surface area contributed by atoms with Gasteiger partial charge in [0.25, 0.3) is 0 Å². The van der Waals surface area contributed by atoms with Gasteiger partial charge in [0.15, 0.2) is 6.10 Å². The highest BCUT2D eigenvalue weighted by molar-refractivity contribution is 5.71. The first-order chi connectivity index (χ1) is 39.0. The van der Waals surface area contributed by atoms with Crippen molar-refractivity contribution in [3.05, 3.63) is 36.5 Å². The van der Waals surface area contributed by atoms with Crippen molar-refractivity contribution in [3.63, 3.8) is 0 Å². The maximum atomic E-state index is 12.9. The lowest BCUT2D eigenvalue weighted by atomic mass is 10.0. The van der Waals surface area contributed by atoms with E-state index in [-0.39, 0.29) is 31.1 Å². The lowest BCUT2D eigenvalue weighted by Gasteiger charge is -2.18. The van der Waals surface area contributed by atoms with Gasteiger partial charge in [-0.2, -0.15) is 0 Å². The van der Waals surface area contributed by atoms with Crippen molar-refractivity contribution in [2.75, 3.05) is 13.2 Å². The first kappa shape index (κ1) is 76.6. The quantitative estimate of drug-likeness (QED) is 0.0261. The van der Waals surface area contributed by atoms with Gasteiger partial charge in [-0.05, 0) is 77.0 Å². The number of carbonyl (C=O) groups excluding carboxylic acids is 3. The first-order valence-electron chi connectivity index (χ1n) is 35.5. The zero-order valence-corrected chi connectivity index (χ0v) is 53.4. The van der Waals surface area contributed by atoms with E-state index in [0.29, 0.717) is 19.3 Å². The highest BCUT2D eigenvalue weighted by atomic mass is 16.6. The van der Waals surface area contributed by atoms with Crippen LogP contribution < -0.4 is 0 Å². The van der Waals surface area contributed by atoms with Crippen LogP contribution in [-0.2, 0) is 28.6 Å². The molecule has 0 fully saturated rings. The van der Waals surface area contributed by atoms with Crippen LogP contribution in [-0.4, -0.2) is 37.2 Å². The van der Waals surface area contributed by atoms with Gasteiger partial charge in [-0.25, -0.2) is 0 Å². The molecule has 0 rings (SSSR count). The third-order valence-electron chi connectivity index (χ3n) is 16.1. The molecule has 0 aliphatic rings. The maximum absolute atomic E-state index is 12.9. The Labute approximate surface area is 493 Å². The predicted octanol–water partition coefficient (Wildman–Crippen LogP) is 24.3. The molecule has 0 aromatic carbocycles. The molecular weight excluding hydrogens is 973 g/mol. The summed E-state index contributed by atoms with van der Waals surface area (Å²) in [4.78, 5) is 38.3. The molecule has 1 unspecified atom stereocenters. The largest absolute Gasteiger partial charge is 0.462 e. The summed E-state index contributed by atoms with van der Waals surface area (Å²) in [6, 6.07) is 0. The van der Waals surface area contributed by atoms with Crippen molar-refractivity contribution in [2.24, 2.45) is 0 Å². The molecule has 0 spiro atoms. The number of hydrogen-bond acceptors (Lipinski definition) is 6. The summed E-state index contributed by atoms with van der Waals surface area (Å²) in [7, 11) is 0. The Morgan fingerprint density at radius 3 is 0.722 bits per heavy atom. The molecule has 0 saturated carbocycles. The number of ether oxygens (including phenoxy) is 3. The Hall–Kier alpha value is -2.37. The van der Waals surface area contributed by atoms with Gasteiger partial charge in [0.2, 0.25) is 0 Å². The lowest BCUT2D eigenvalue weighted by molar-refractivity contribution is -0.167. The SMILES string of the molecule is CCCCCC/C=C\C/C=C\CCCCCCCCCC(=O)OC(COC(=O)CCCCCCCCCCCCCC)COC(=O)CCCCCCCCCCCCCCCCCCCCC/C=C\CCCCCCCCCC. The molecule has 0 aromatic rings. The smallest absolute Gasteiger partial charge is 0.306 e. The average Bonchev–Trinajstić information content (AvgIpc) is 3.45. The van der Waals surface area contributed by atoms with Crippen LogP contribution in [0.4, 0.5) is 0 Å². The number of carbonyl (C=O) groups is 3. The fourth-order valence-electron chi connectivity index (χ4n) is 10.8. The molecule has 0 bridgehead atoms. The number of allylic oxidation sites excluding steroid dienone is 6. The van der Waals surface area contributed by atoms with E-state index in [0.717, 1.165) is 70.6 Å². The summed E-state index contributed by atoms with van der Waals surface area (Å²) in [5, 5.41) is 0. The van der Waals surface area contributed by atoms with Gasteiger partial charge in [0, 0.05) is 19.3 Å². The molecular formula is C73H136O6. The molecule has 464 valence electrons. The maximum Gasteiger partial charge on any atom is 0.306 e. The molecule has 0 radical (unpaired) electrons. The van der Waals surface area contributed by atoms with Crippen molar-refractivity contribution in [2.45, 2.75) is 399 Å². The molecule has 6 nitrogen and oxygen atoms in total. The minimum Gasteiger partial charge on any atom is -0.462 e. The highest BCUT2D eigenvalue weighted by Crippen LogP contribution is 2.18. The van der Waals surface area contributed by atoms with E-state index in [4.69, 9.17) is 14.2 Å². The Morgan fingerprint density at radius 1 is 0.253 bits per heavy atom.